The molecule has 1 aromatic carbocycles. The van der Waals surface area contributed by atoms with Crippen molar-refractivity contribution in [3.8, 4) is 5.69 Å². The number of hydrogen-bond donors (Lipinski definition) is 2. The summed E-state index contributed by atoms with van der Waals surface area (Å²) in [5, 5.41) is 28.3. The average molecular weight is 372 g/mol. The number of ether oxygens (including phenoxy) is 1. The number of carbonyl (C=O) groups is 2. The Kier molecular flexibility index (Phi) is 5.79. The molecule has 12 heteroatoms. The molecule has 0 spiro atoms. The van der Waals surface area contributed by atoms with Crippen molar-refractivity contribution in [3.63, 3.8) is 0 Å². The number of amides is 1. The molecule has 4 rings (SSSR count). The van der Waals surface area contributed by atoms with Crippen LogP contribution in [-0.2, 0) is 9.53 Å². The van der Waals surface area contributed by atoms with Crippen LogP contribution in [0.15, 0.2) is 36.9 Å². The second kappa shape index (κ2) is 8.62. The van der Waals surface area contributed by atoms with Gasteiger partial charge in [-0.1, -0.05) is 17.3 Å². The first-order valence-electron chi connectivity index (χ1n) is 7.90. The molecule has 1 unspecified atom stereocenters. The molecule has 1 atom stereocenters. The third-order valence-electron chi connectivity index (χ3n) is 3.83. The quantitative estimate of drug-likeness (QED) is 0.590. The number of morpholine rings is 1. The lowest BCUT2D eigenvalue weighted by molar-refractivity contribution is -0.122. The summed E-state index contributed by atoms with van der Waals surface area (Å²) in [5.41, 5.74) is 1.31. The minimum absolute atomic E-state index is 0.0869. The number of carboxylic acid groups (broad SMARTS) is 1. The minimum atomic E-state index is -0.386. The molecule has 12 nitrogen and oxygen atoms in total. The number of benzene rings is 1. The summed E-state index contributed by atoms with van der Waals surface area (Å²) in [6, 6.07) is 7.34. The largest absolute Gasteiger partial charge is 0.483 e. The van der Waals surface area contributed by atoms with Gasteiger partial charge < -0.3 is 14.7 Å². The minimum Gasteiger partial charge on any atom is -0.483 e. The molecular weight excluding hydrogens is 356 g/mol. The lowest BCUT2D eigenvalue weighted by Crippen LogP contribution is -2.42. The number of carbonyl (C=O) groups excluding carboxylic acids is 1. The van der Waals surface area contributed by atoms with Crippen molar-refractivity contribution in [3.05, 3.63) is 48.3 Å². The predicted molar refractivity (Wildman–Crippen MR) is 88.8 cm³/mol. The molecule has 1 saturated heterocycles. The van der Waals surface area contributed by atoms with Crippen LogP contribution in [0.25, 0.3) is 5.69 Å². The van der Waals surface area contributed by atoms with Gasteiger partial charge in [0, 0.05) is 6.54 Å². The van der Waals surface area contributed by atoms with E-state index in [1.165, 1.54) is 0 Å². The van der Waals surface area contributed by atoms with Crippen molar-refractivity contribution in [2.75, 3.05) is 19.7 Å². The van der Waals surface area contributed by atoms with E-state index in [0.717, 1.165) is 5.69 Å². The number of H-pyrrole nitrogens is 1. The molecule has 0 aliphatic carbocycles. The van der Waals surface area contributed by atoms with E-state index in [-0.39, 0.29) is 18.5 Å². The third-order valence-corrected chi connectivity index (χ3v) is 3.83. The van der Waals surface area contributed by atoms with Gasteiger partial charge in [0.2, 0.25) is 5.82 Å². The van der Waals surface area contributed by atoms with Crippen molar-refractivity contribution < 1.29 is 19.4 Å². The molecule has 0 radical (unpaired) electrons. The molecular formula is C15H16N8O4. The molecule has 2 aromatic heterocycles. The molecule has 2 N–H and O–H groups in total. The van der Waals surface area contributed by atoms with Crippen molar-refractivity contribution in [2.45, 2.75) is 6.10 Å². The topological polar surface area (TPSA) is 152 Å². The number of rotatable bonds is 3. The smallest absolute Gasteiger partial charge is 0.290 e. The number of nitrogens with zero attached hydrogens (tertiary/aromatic N) is 7. The molecule has 27 heavy (non-hydrogen) atoms. The SMILES string of the molecule is O=C(c1ccccc1-n1cnnc1)N1CCOC(c2nn[nH]n2)C1.O=CO. The molecule has 3 heterocycles. The monoisotopic (exact) mass is 372 g/mol. The Morgan fingerprint density at radius 1 is 1.30 bits per heavy atom. The Morgan fingerprint density at radius 3 is 2.74 bits per heavy atom. The highest BCUT2D eigenvalue weighted by molar-refractivity contribution is 5.97. The van der Waals surface area contributed by atoms with E-state index in [1.807, 2.05) is 18.2 Å². The number of aromatic amines is 1. The maximum atomic E-state index is 13.0. The van der Waals surface area contributed by atoms with Gasteiger partial charge in [0.05, 0.1) is 24.4 Å². The van der Waals surface area contributed by atoms with Crippen LogP contribution in [0.5, 0.6) is 0 Å². The molecule has 140 valence electrons. The fourth-order valence-electron chi connectivity index (χ4n) is 2.67. The van der Waals surface area contributed by atoms with Crippen LogP contribution in [0.4, 0.5) is 0 Å². The van der Waals surface area contributed by atoms with Crippen molar-refractivity contribution in [1.29, 1.82) is 0 Å². The summed E-state index contributed by atoms with van der Waals surface area (Å²) in [7, 11) is 0. The molecule has 1 aliphatic rings. The van der Waals surface area contributed by atoms with Gasteiger partial charge in [-0.25, -0.2) is 0 Å². The van der Waals surface area contributed by atoms with E-state index in [4.69, 9.17) is 14.6 Å². The number of nitrogens with one attached hydrogen (secondary N) is 1. The first kappa shape index (κ1) is 18.1. The summed E-state index contributed by atoms with van der Waals surface area (Å²) in [6.07, 6.45) is 2.74. The summed E-state index contributed by atoms with van der Waals surface area (Å²) < 4.78 is 7.35. The van der Waals surface area contributed by atoms with Gasteiger partial charge >= 0.3 is 0 Å². The van der Waals surface area contributed by atoms with Gasteiger partial charge in [-0.3, -0.25) is 14.2 Å². The predicted octanol–water partition coefficient (Wildman–Crippen LogP) is -0.305. The summed E-state index contributed by atoms with van der Waals surface area (Å²) in [6.45, 7) is 1.04. The highest BCUT2D eigenvalue weighted by atomic mass is 16.5. The van der Waals surface area contributed by atoms with Crippen molar-refractivity contribution in [2.24, 2.45) is 0 Å². The molecule has 0 bridgehead atoms. The fraction of sp³-hybridized carbons (Fsp3) is 0.267. The Hall–Kier alpha value is -3.67. The van der Waals surface area contributed by atoms with Crippen LogP contribution < -0.4 is 0 Å². The molecule has 1 amide bonds. The van der Waals surface area contributed by atoms with E-state index in [9.17, 15) is 4.79 Å². The van der Waals surface area contributed by atoms with Crippen LogP contribution in [0, 0.1) is 0 Å². The molecule has 1 fully saturated rings. The standard InChI is InChI=1S/C14H14N8O2.CH2O2/c23-14(10-3-1-2-4-11(10)22-8-15-16-9-22)21-5-6-24-12(7-21)13-17-19-20-18-13;2-1-3/h1-4,8-9,12H,5-7H2,(H,17,18,19,20);1H,(H,2,3). The van der Waals surface area contributed by atoms with E-state index >= 15 is 0 Å². The lowest BCUT2D eigenvalue weighted by Gasteiger charge is -2.31. The highest BCUT2D eigenvalue weighted by Crippen LogP contribution is 2.22. The maximum Gasteiger partial charge on any atom is 0.290 e. The fourth-order valence-corrected chi connectivity index (χ4v) is 2.67. The second-order valence-electron chi connectivity index (χ2n) is 5.37. The molecule has 1 aliphatic heterocycles. The van der Waals surface area contributed by atoms with E-state index in [0.29, 0.717) is 31.1 Å². The number of hydrogen-bond acceptors (Lipinski definition) is 8. The first-order chi connectivity index (χ1) is 13.2. The van der Waals surface area contributed by atoms with Gasteiger partial charge in [0.25, 0.3) is 12.4 Å². The van der Waals surface area contributed by atoms with Crippen molar-refractivity contribution in [1.82, 2.24) is 40.3 Å². The Balaban J connectivity index is 0.000000659. The normalized spacial score (nSPS) is 16.3. The maximum absolute atomic E-state index is 13.0. The Morgan fingerprint density at radius 2 is 2.04 bits per heavy atom. The van der Waals surface area contributed by atoms with Gasteiger partial charge in [-0.05, 0) is 12.1 Å². The van der Waals surface area contributed by atoms with E-state index in [2.05, 4.69) is 30.8 Å². The van der Waals surface area contributed by atoms with Crippen LogP contribution in [0.3, 0.4) is 0 Å². The Labute approximate surface area is 152 Å². The zero-order valence-electron chi connectivity index (χ0n) is 14.0. The summed E-state index contributed by atoms with van der Waals surface area (Å²) in [5.74, 6) is 0.357. The molecule has 3 aromatic rings. The van der Waals surface area contributed by atoms with Crippen molar-refractivity contribution >= 4 is 12.4 Å². The highest BCUT2D eigenvalue weighted by Gasteiger charge is 2.29. The van der Waals surface area contributed by atoms with E-state index < -0.39 is 0 Å². The summed E-state index contributed by atoms with van der Waals surface area (Å²) in [4.78, 5) is 23.1. The van der Waals surface area contributed by atoms with E-state index in [1.54, 1.807) is 28.2 Å². The van der Waals surface area contributed by atoms with Crippen LogP contribution >= 0.6 is 0 Å². The zero-order valence-corrected chi connectivity index (χ0v) is 14.0. The number of para-hydroxylation sites is 1. The van der Waals surface area contributed by atoms with Gasteiger partial charge in [-0.2, -0.15) is 5.21 Å². The zero-order chi connectivity index (χ0) is 19.1. The van der Waals surface area contributed by atoms with Crippen LogP contribution in [-0.4, -0.2) is 77.5 Å². The first-order valence-corrected chi connectivity index (χ1v) is 7.90. The molecule has 0 saturated carbocycles. The van der Waals surface area contributed by atoms with Gasteiger partial charge in [0.1, 0.15) is 18.8 Å². The van der Waals surface area contributed by atoms with Gasteiger partial charge in [-0.15, -0.1) is 20.4 Å². The Bertz CT molecular complexity index is 868. The number of tetrazole rings is 1. The van der Waals surface area contributed by atoms with Gasteiger partial charge in [0.15, 0.2) is 0 Å². The van der Waals surface area contributed by atoms with Crippen LogP contribution in [0.1, 0.15) is 22.3 Å². The van der Waals surface area contributed by atoms with Crippen LogP contribution in [0.2, 0.25) is 0 Å². The second-order valence-corrected chi connectivity index (χ2v) is 5.37. The third kappa shape index (κ3) is 4.12. The lowest BCUT2D eigenvalue weighted by atomic mass is 10.1. The summed E-state index contributed by atoms with van der Waals surface area (Å²) >= 11 is 0. The number of aromatic nitrogens is 7. The average Bonchev–Trinajstić information content (AvgIpc) is 3.42.